The number of piperazine rings is 1. The van der Waals surface area contributed by atoms with Gasteiger partial charge in [-0.05, 0) is 24.3 Å². The molecule has 2 aromatic heterocycles. The highest BCUT2D eigenvalue weighted by Gasteiger charge is 2.23. The van der Waals surface area contributed by atoms with Crippen molar-refractivity contribution in [2.24, 2.45) is 0 Å². The summed E-state index contributed by atoms with van der Waals surface area (Å²) >= 11 is 0. The average Bonchev–Trinajstić information content (AvgIpc) is 3.40. The Morgan fingerprint density at radius 3 is 2.63 bits per heavy atom. The van der Waals surface area contributed by atoms with Crippen molar-refractivity contribution in [3.05, 3.63) is 59.9 Å². The summed E-state index contributed by atoms with van der Waals surface area (Å²) < 4.78 is 0. The van der Waals surface area contributed by atoms with Crippen molar-refractivity contribution in [1.82, 2.24) is 20.5 Å². The van der Waals surface area contributed by atoms with Crippen LogP contribution in [0.2, 0.25) is 0 Å². The average molecular weight is 404 g/mol. The standard InChI is InChI=1S/C20H20N8O2/c29-18-11-28(8-7-21-18)17-6-5-12(10-22-17)20(30)25-16-9-15(26-27-16)19-23-13-3-1-2-4-14(13)24-19/h1-6,9-10,19,23-24H,7-8,11H2,(H,21,29)(H2,25,26,27,30). The predicted octanol–water partition coefficient (Wildman–Crippen LogP) is 1.53. The number of fused-ring (bicyclic) bond motifs is 1. The van der Waals surface area contributed by atoms with Crippen LogP contribution in [0, 0.1) is 0 Å². The molecule has 2 amide bonds. The van der Waals surface area contributed by atoms with Gasteiger partial charge in [-0.2, -0.15) is 5.10 Å². The quantitative estimate of drug-likeness (QED) is 0.446. The lowest BCUT2D eigenvalue weighted by Gasteiger charge is -2.27. The fourth-order valence-electron chi connectivity index (χ4n) is 3.52. The van der Waals surface area contributed by atoms with E-state index in [9.17, 15) is 9.59 Å². The number of benzene rings is 1. The van der Waals surface area contributed by atoms with Gasteiger partial charge in [0.05, 0.1) is 29.2 Å². The van der Waals surface area contributed by atoms with Crippen molar-refractivity contribution < 1.29 is 9.59 Å². The molecule has 2 aliphatic rings. The first kappa shape index (κ1) is 18.0. The number of hydrogen-bond acceptors (Lipinski definition) is 7. The number of rotatable bonds is 4. The molecule has 5 rings (SSSR count). The summed E-state index contributed by atoms with van der Waals surface area (Å²) in [6, 6.07) is 13.1. The first-order chi connectivity index (χ1) is 14.7. The maximum absolute atomic E-state index is 12.5. The smallest absolute Gasteiger partial charge is 0.258 e. The summed E-state index contributed by atoms with van der Waals surface area (Å²) in [4.78, 5) is 30.3. The van der Waals surface area contributed by atoms with Gasteiger partial charge >= 0.3 is 0 Å². The molecule has 0 unspecified atom stereocenters. The van der Waals surface area contributed by atoms with Crippen molar-refractivity contribution in [3.63, 3.8) is 0 Å². The van der Waals surface area contributed by atoms with Gasteiger partial charge in [-0.1, -0.05) is 12.1 Å². The third-order valence-electron chi connectivity index (χ3n) is 5.05. The Morgan fingerprint density at radius 1 is 1.13 bits per heavy atom. The van der Waals surface area contributed by atoms with E-state index in [0.717, 1.165) is 17.1 Å². The Hall–Kier alpha value is -4.08. The van der Waals surface area contributed by atoms with Crippen LogP contribution >= 0.6 is 0 Å². The maximum atomic E-state index is 12.5. The monoisotopic (exact) mass is 404 g/mol. The zero-order valence-corrected chi connectivity index (χ0v) is 16.0. The molecule has 30 heavy (non-hydrogen) atoms. The number of H-pyrrole nitrogens is 1. The first-order valence-electron chi connectivity index (χ1n) is 9.62. The van der Waals surface area contributed by atoms with Crippen LogP contribution < -0.4 is 26.2 Å². The van der Waals surface area contributed by atoms with Gasteiger partial charge in [0.15, 0.2) is 5.82 Å². The number of pyridine rings is 1. The van der Waals surface area contributed by atoms with Crippen LogP contribution in [0.25, 0.3) is 0 Å². The molecule has 0 spiro atoms. The molecule has 0 bridgehead atoms. The van der Waals surface area contributed by atoms with E-state index in [2.05, 4.69) is 36.4 Å². The van der Waals surface area contributed by atoms with Crippen LogP contribution in [0.15, 0.2) is 48.7 Å². The Morgan fingerprint density at radius 2 is 1.93 bits per heavy atom. The van der Waals surface area contributed by atoms with Crippen LogP contribution in [-0.2, 0) is 4.79 Å². The molecule has 10 nitrogen and oxygen atoms in total. The third-order valence-corrected chi connectivity index (χ3v) is 5.05. The lowest BCUT2D eigenvalue weighted by Crippen LogP contribution is -2.48. The van der Waals surface area contributed by atoms with Gasteiger partial charge in [-0.3, -0.25) is 14.7 Å². The lowest BCUT2D eigenvalue weighted by atomic mass is 10.2. The lowest BCUT2D eigenvalue weighted by molar-refractivity contribution is -0.120. The second-order valence-corrected chi connectivity index (χ2v) is 7.11. The number of aromatic amines is 1. The molecule has 152 valence electrons. The molecular weight excluding hydrogens is 384 g/mol. The minimum atomic E-state index is -0.306. The number of nitrogens with zero attached hydrogens (tertiary/aromatic N) is 3. The fourth-order valence-corrected chi connectivity index (χ4v) is 3.52. The van der Waals surface area contributed by atoms with Gasteiger partial charge in [-0.25, -0.2) is 4.98 Å². The number of aromatic nitrogens is 3. The molecule has 0 saturated carbocycles. The van der Waals surface area contributed by atoms with Crippen molar-refractivity contribution in [2.75, 3.05) is 40.5 Å². The molecule has 5 N–H and O–H groups in total. The number of para-hydroxylation sites is 2. The van der Waals surface area contributed by atoms with E-state index in [1.54, 1.807) is 18.2 Å². The SMILES string of the molecule is O=C1CN(c2ccc(C(=O)Nc3cc(C4Nc5ccccc5N4)[nH]n3)cn2)CCN1. The number of anilines is 4. The third kappa shape index (κ3) is 3.50. The van der Waals surface area contributed by atoms with Crippen LogP contribution in [-0.4, -0.2) is 46.6 Å². The fraction of sp³-hybridized carbons (Fsp3) is 0.200. The molecule has 10 heteroatoms. The van der Waals surface area contributed by atoms with Gasteiger partial charge in [-0.15, -0.1) is 0 Å². The highest BCUT2D eigenvalue weighted by molar-refractivity contribution is 6.03. The first-order valence-corrected chi connectivity index (χ1v) is 9.62. The minimum absolute atomic E-state index is 0.0338. The highest BCUT2D eigenvalue weighted by Crippen LogP contribution is 2.34. The number of hydrogen-bond donors (Lipinski definition) is 5. The van der Waals surface area contributed by atoms with E-state index in [1.165, 1.54) is 6.20 Å². The number of nitrogens with one attached hydrogen (secondary N) is 5. The number of amides is 2. The largest absolute Gasteiger partial charge is 0.359 e. The van der Waals surface area contributed by atoms with Gasteiger partial charge in [0.25, 0.3) is 5.91 Å². The normalized spacial score (nSPS) is 15.7. The zero-order valence-electron chi connectivity index (χ0n) is 16.0. The Kier molecular flexibility index (Phi) is 4.43. The van der Waals surface area contributed by atoms with E-state index < -0.39 is 0 Å². The van der Waals surface area contributed by atoms with Crippen LogP contribution in [0.4, 0.5) is 23.0 Å². The van der Waals surface area contributed by atoms with Gasteiger partial charge in [0, 0.05) is 25.4 Å². The zero-order chi connectivity index (χ0) is 20.5. The molecule has 1 aromatic carbocycles. The van der Waals surface area contributed by atoms with Crippen molar-refractivity contribution in [2.45, 2.75) is 6.17 Å². The summed E-state index contributed by atoms with van der Waals surface area (Å²) in [5, 5.41) is 19.4. The Balaban J connectivity index is 1.22. The molecule has 3 aromatic rings. The summed E-state index contributed by atoms with van der Waals surface area (Å²) in [5.41, 5.74) is 3.24. The summed E-state index contributed by atoms with van der Waals surface area (Å²) in [6.45, 7) is 1.54. The minimum Gasteiger partial charge on any atom is -0.359 e. The van der Waals surface area contributed by atoms with E-state index in [-0.39, 0.29) is 24.5 Å². The van der Waals surface area contributed by atoms with Crippen molar-refractivity contribution in [1.29, 1.82) is 0 Å². The predicted molar refractivity (Wildman–Crippen MR) is 112 cm³/mol. The van der Waals surface area contributed by atoms with E-state index in [4.69, 9.17) is 0 Å². The molecule has 1 saturated heterocycles. The summed E-state index contributed by atoms with van der Waals surface area (Å²) in [5.74, 6) is 0.750. The molecule has 4 heterocycles. The molecule has 0 atom stereocenters. The summed E-state index contributed by atoms with van der Waals surface area (Å²) in [6.07, 6.45) is 1.35. The van der Waals surface area contributed by atoms with E-state index >= 15 is 0 Å². The highest BCUT2D eigenvalue weighted by atomic mass is 16.2. The van der Waals surface area contributed by atoms with Crippen molar-refractivity contribution in [3.8, 4) is 0 Å². The second-order valence-electron chi connectivity index (χ2n) is 7.11. The topological polar surface area (TPSA) is 127 Å². The van der Waals surface area contributed by atoms with Crippen LogP contribution in [0.5, 0.6) is 0 Å². The summed E-state index contributed by atoms with van der Waals surface area (Å²) in [7, 11) is 0. The van der Waals surface area contributed by atoms with Gasteiger partial charge in [0.2, 0.25) is 5.91 Å². The molecule has 1 fully saturated rings. The number of carbonyl (C=O) groups excluding carboxylic acids is 2. The van der Waals surface area contributed by atoms with Crippen LogP contribution in [0.3, 0.4) is 0 Å². The van der Waals surface area contributed by atoms with Gasteiger partial charge < -0.3 is 26.2 Å². The maximum Gasteiger partial charge on any atom is 0.258 e. The Bertz CT molecular complexity index is 1070. The molecular formula is C20H20N8O2. The molecule has 2 aliphatic heterocycles. The molecule has 0 aliphatic carbocycles. The van der Waals surface area contributed by atoms with Crippen molar-refractivity contribution >= 4 is 34.8 Å². The number of carbonyl (C=O) groups is 2. The Labute approximate surface area is 172 Å². The van der Waals surface area contributed by atoms with Gasteiger partial charge in [0.1, 0.15) is 12.0 Å². The van der Waals surface area contributed by atoms with E-state index in [1.807, 2.05) is 29.2 Å². The van der Waals surface area contributed by atoms with Crippen LogP contribution in [0.1, 0.15) is 22.2 Å². The molecule has 0 radical (unpaired) electrons. The second kappa shape index (κ2) is 7.39. The van der Waals surface area contributed by atoms with E-state index in [0.29, 0.717) is 30.3 Å².